The summed E-state index contributed by atoms with van der Waals surface area (Å²) in [5.41, 5.74) is 3.72. The first-order valence-electron chi connectivity index (χ1n) is 6.32. The van der Waals surface area contributed by atoms with Crippen LogP contribution in [-0.2, 0) is 0 Å². The molecule has 0 aliphatic carbocycles. The summed E-state index contributed by atoms with van der Waals surface area (Å²) in [6.45, 7) is 1.72. The normalized spacial score (nSPS) is 11.1. The number of nitro benzene ring substituents is 1. The number of hydrogen-bond donors (Lipinski definition) is 1. The lowest BCUT2D eigenvalue weighted by molar-refractivity contribution is -0.384. The number of nitro groups is 1. The molecule has 0 aliphatic heterocycles. The fourth-order valence-electron chi connectivity index (χ4n) is 1.74. The van der Waals surface area contributed by atoms with Crippen LogP contribution in [0.1, 0.15) is 22.8 Å². The van der Waals surface area contributed by atoms with Crippen molar-refractivity contribution in [3.8, 4) is 0 Å². The van der Waals surface area contributed by atoms with Gasteiger partial charge in [0.1, 0.15) is 0 Å². The Bertz CT molecular complexity index is 759. The Kier molecular flexibility index (Phi) is 4.85. The minimum Gasteiger partial charge on any atom is -0.267 e. The lowest BCUT2D eigenvalue weighted by atomic mass is 10.1. The molecule has 0 aliphatic rings. The summed E-state index contributed by atoms with van der Waals surface area (Å²) in [6.07, 6.45) is 0. The van der Waals surface area contributed by atoms with E-state index in [9.17, 15) is 14.9 Å². The smallest absolute Gasteiger partial charge is 0.267 e. The van der Waals surface area contributed by atoms with Crippen LogP contribution >= 0.6 is 11.6 Å². The summed E-state index contributed by atoms with van der Waals surface area (Å²) >= 11 is 5.89. The summed E-state index contributed by atoms with van der Waals surface area (Å²) in [5, 5.41) is 15.2. The van der Waals surface area contributed by atoms with Crippen molar-refractivity contribution in [1.29, 1.82) is 0 Å². The van der Waals surface area contributed by atoms with Crippen LogP contribution in [0.3, 0.4) is 0 Å². The van der Waals surface area contributed by atoms with Crippen molar-refractivity contribution in [2.45, 2.75) is 6.92 Å². The molecule has 7 heteroatoms. The van der Waals surface area contributed by atoms with E-state index in [2.05, 4.69) is 10.5 Å². The Hall–Kier alpha value is -2.73. The largest absolute Gasteiger partial charge is 0.271 e. The average molecular weight is 318 g/mol. The number of rotatable bonds is 4. The van der Waals surface area contributed by atoms with Crippen LogP contribution in [0.5, 0.6) is 0 Å². The molecule has 22 heavy (non-hydrogen) atoms. The molecule has 6 nitrogen and oxygen atoms in total. The fraction of sp³-hybridized carbons (Fsp3) is 0.0667. The maximum Gasteiger partial charge on any atom is 0.271 e. The highest BCUT2D eigenvalue weighted by atomic mass is 35.5. The van der Waals surface area contributed by atoms with Crippen molar-refractivity contribution in [3.05, 3.63) is 74.8 Å². The van der Waals surface area contributed by atoms with Gasteiger partial charge in [-0.3, -0.25) is 14.9 Å². The Labute approximate surface area is 131 Å². The summed E-state index contributed by atoms with van der Waals surface area (Å²) in [4.78, 5) is 22.1. The van der Waals surface area contributed by atoms with Crippen LogP contribution in [0.15, 0.2) is 53.6 Å². The monoisotopic (exact) mass is 317 g/mol. The van der Waals surface area contributed by atoms with Crippen molar-refractivity contribution in [1.82, 2.24) is 5.43 Å². The van der Waals surface area contributed by atoms with Crippen molar-refractivity contribution in [3.63, 3.8) is 0 Å². The third-order valence-corrected chi connectivity index (χ3v) is 3.12. The molecule has 0 aromatic heterocycles. The fourth-order valence-corrected chi connectivity index (χ4v) is 1.93. The highest BCUT2D eigenvalue weighted by Crippen LogP contribution is 2.13. The number of non-ortho nitro benzene ring substituents is 1. The Morgan fingerprint density at radius 3 is 2.55 bits per heavy atom. The van der Waals surface area contributed by atoms with Gasteiger partial charge in [-0.05, 0) is 30.7 Å². The molecule has 0 unspecified atom stereocenters. The predicted octanol–water partition coefficient (Wildman–Crippen LogP) is 3.40. The van der Waals surface area contributed by atoms with Gasteiger partial charge in [-0.15, -0.1) is 0 Å². The molecular formula is C15H12ClN3O3. The Morgan fingerprint density at radius 1 is 1.18 bits per heavy atom. The molecule has 0 radical (unpaired) electrons. The Morgan fingerprint density at radius 2 is 1.86 bits per heavy atom. The molecule has 1 N–H and O–H groups in total. The molecule has 0 saturated carbocycles. The maximum absolute atomic E-state index is 12.0. The van der Waals surface area contributed by atoms with E-state index in [4.69, 9.17) is 11.6 Å². The zero-order valence-corrected chi connectivity index (χ0v) is 12.4. The van der Waals surface area contributed by atoms with Crippen LogP contribution in [0, 0.1) is 10.1 Å². The average Bonchev–Trinajstić information content (AvgIpc) is 2.52. The molecule has 112 valence electrons. The summed E-state index contributed by atoms with van der Waals surface area (Å²) in [5.74, 6) is -0.523. The van der Waals surface area contributed by atoms with Gasteiger partial charge < -0.3 is 0 Å². The van der Waals surface area contributed by atoms with Gasteiger partial charge in [0.15, 0.2) is 0 Å². The minimum atomic E-state index is -0.558. The molecule has 1 amide bonds. The highest BCUT2D eigenvalue weighted by Gasteiger charge is 2.11. The summed E-state index contributed by atoms with van der Waals surface area (Å²) in [7, 11) is 0. The number of carbonyl (C=O) groups is 1. The van der Waals surface area contributed by atoms with Crippen molar-refractivity contribution in [2.75, 3.05) is 0 Å². The molecule has 0 heterocycles. The van der Waals surface area contributed by atoms with Gasteiger partial charge in [-0.1, -0.05) is 29.8 Å². The number of halogens is 1. The number of amides is 1. The van der Waals surface area contributed by atoms with Crippen LogP contribution in [-0.4, -0.2) is 16.5 Å². The number of nitrogens with one attached hydrogen (secondary N) is 1. The summed E-state index contributed by atoms with van der Waals surface area (Å²) in [6, 6.07) is 12.5. The van der Waals surface area contributed by atoms with Crippen molar-refractivity contribution < 1.29 is 9.72 Å². The first-order valence-corrected chi connectivity index (χ1v) is 6.70. The zero-order chi connectivity index (χ0) is 16.1. The van der Waals surface area contributed by atoms with Crippen molar-refractivity contribution in [2.24, 2.45) is 5.10 Å². The van der Waals surface area contributed by atoms with Crippen LogP contribution in [0.2, 0.25) is 5.02 Å². The number of benzene rings is 2. The lowest BCUT2D eigenvalue weighted by Crippen LogP contribution is -2.19. The van der Waals surface area contributed by atoms with Crippen LogP contribution in [0.4, 0.5) is 5.69 Å². The van der Waals surface area contributed by atoms with Gasteiger partial charge in [0, 0.05) is 22.7 Å². The maximum atomic E-state index is 12.0. The standard InChI is InChI=1S/C15H12ClN3O3/c1-10(11-4-2-6-13(16)8-11)17-18-15(20)12-5-3-7-14(9-12)19(21)22/h2-9H,1H3,(H,18,20)/b17-10-. The van der Waals surface area contributed by atoms with Gasteiger partial charge in [-0.2, -0.15) is 5.10 Å². The van der Waals surface area contributed by atoms with Gasteiger partial charge in [0.2, 0.25) is 0 Å². The van der Waals surface area contributed by atoms with E-state index in [0.29, 0.717) is 10.7 Å². The van der Waals surface area contributed by atoms with E-state index < -0.39 is 10.8 Å². The molecule has 0 atom stereocenters. The second-order valence-corrected chi connectivity index (χ2v) is 4.89. The van der Waals surface area contributed by atoms with Gasteiger partial charge in [-0.25, -0.2) is 5.43 Å². The number of hydrogen-bond acceptors (Lipinski definition) is 4. The molecule has 0 bridgehead atoms. The van der Waals surface area contributed by atoms with Crippen LogP contribution < -0.4 is 5.43 Å². The van der Waals surface area contributed by atoms with E-state index in [1.807, 2.05) is 6.07 Å². The third kappa shape index (κ3) is 3.89. The SMILES string of the molecule is C/C(=N/NC(=O)c1cccc([N+](=O)[O-])c1)c1cccc(Cl)c1. The molecule has 0 fully saturated rings. The van der Waals surface area contributed by atoms with Crippen LogP contribution in [0.25, 0.3) is 0 Å². The molecule has 0 spiro atoms. The molecule has 2 rings (SSSR count). The molecule has 2 aromatic carbocycles. The second-order valence-electron chi connectivity index (χ2n) is 4.46. The summed E-state index contributed by atoms with van der Waals surface area (Å²) < 4.78 is 0. The van der Waals surface area contributed by atoms with Crippen molar-refractivity contribution >= 4 is 28.9 Å². The topological polar surface area (TPSA) is 84.6 Å². The van der Waals surface area contributed by atoms with E-state index >= 15 is 0 Å². The quantitative estimate of drug-likeness (QED) is 0.533. The Balaban J connectivity index is 2.13. The minimum absolute atomic E-state index is 0.150. The number of carbonyl (C=O) groups excluding carboxylic acids is 1. The first-order chi connectivity index (χ1) is 10.5. The lowest BCUT2D eigenvalue weighted by Gasteiger charge is -2.03. The van der Waals surface area contributed by atoms with E-state index in [0.717, 1.165) is 5.56 Å². The van der Waals surface area contributed by atoms with Gasteiger partial charge >= 0.3 is 0 Å². The molecule has 0 saturated heterocycles. The zero-order valence-electron chi connectivity index (χ0n) is 11.6. The first kappa shape index (κ1) is 15.7. The third-order valence-electron chi connectivity index (χ3n) is 2.89. The van der Waals surface area contributed by atoms with E-state index in [-0.39, 0.29) is 11.3 Å². The predicted molar refractivity (Wildman–Crippen MR) is 84.2 cm³/mol. The molecular weight excluding hydrogens is 306 g/mol. The number of nitrogens with zero attached hydrogens (tertiary/aromatic N) is 2. The van der Waals surface area contributed by atoms with Gasteiger partial charge in [0.25, 0.3) is 11.6 Å². The molecule has 2 aromatic rings. The second kappa shape index (κ2) is 6.82. The number of hydrazone groups is 1. The van der Waals surface area contributed by atoms with E-state index in [1.54, 1.807) is 25.1 Å². The van der Waals surface area contributed by atoms with E-state index in [1.165, 1.54) is 24.3 Å². The highest BCUT2D eigenvalue weighted by molar-refractivity contribution is 6.31. The van der Waals surface area contributed by atoms with Gasteiger partial charge in [0.05, 0.1) is 10.6 Å².